The minimum atomic E-state index is 0.643. The van der Waals surface area contributed by atoms with E-state index in [1.165, 1.54) is 0 Å². The molecular formula is C16H12Br2N2O. The highest BCUT2D eigenvalue weighted by Crippen LogP contribution is 2.16. The number of aromatic nitrogens is 2. The van der Waals surface area contributed by atoms with Crippen molar-refractivity contribution in [1.29, 1.82) is 0 Å². The number of nitrogens with zero attached hydrogens (tertiary/aromatic N) is 2. The van der Waals surface area contributed by atoms with Gasteiger partial charge < -0.3 is 4.42 Å². The fraction of sp³-hybridized carbons (Fsp3) is 0.125. The predicted molar refractivity (Wildman–Crippen MR) is 88.2 cm³/mol. The maximum absolute atomic E-state index is 5.71. The van der Waals surface area contributed by atoms with Crippen LogP contribution in [0.4, 0.5) is 0 Å². The molecule has 0 saturated heterocycles. The topological polar surface area (TPSA) is 38.9 Å². The zero-order chi connectivity index (χ0) is 14.7. The molecule has 21 heavy (non-hydrogen) atoms. The largest absolute Gasteiger partial charge is 0.425 e. The monoisotopic (exact) mass is 406 g/mol. The summed E-state index contributed by atoms with van der Waals surface area (Å²) in [4.78, 5) is 0. The first-order valence-corrected chi connectivity index (χ1v) is 8.08. The molecule has 1 aromatic heterocycles. The fourth-order valence-corrected chi connectivity index (χ4v) is 2.51. The van der Waals surface area contributed by atoms with E-state index in [1.54, 1.807) is 0 Å². The van der Waals surface area contributed by atoms with Crippen molar-refractivity contribution in [3.63, 3.8) is 0 Å². The van der Waals surface area contributed by atoms with Crippen LogP contribution in [0.2, 0.25) is 0 Å². The second-order valence-corrected chi connectivity index (χ2v) is 6.53. The molecule has 5 heteroatoms. The van der Waals surface area contributed by atoms with Gasteiger partial charge in [-0.3, -0.25) is 0 Å². The van der Waals surface area contributed by atoms with Crippen molar-refractivity contribution >= 4 is 31.9 Å². The van der Waals surface area contributed by atoms with Crippen LogP contribution in [0.1, 0.15) is 22.9 Å². The number of benzene rings is 2. The van der Waals surface area contributed by atoms with Crippen LogP contribution in [0.5, 0.6) is 0 Å². The van der Waals surface area contributed by atoms with Gasteiger partial charge in [0.25, 0.3) is 0 Å². The van der Waals surface area contributed by atoms with Gasteiger partial charge in [-0.2, -0.15) is 0 Å². The van der Waals surface area contributed by atoms with Crippen molar-refractivity contribution in [1.82, 2.24) is 10.2 Å². The zero-order valence-electron chi connectivity index (χ0n) is 11.1. The molecule has 106 valence electrons. The molecular weight excluding hydrogens is 396 g/mol. The van der Waals surface area contributed by atoms with Crippen LogP contribution in [0.3, 0.4) is 0 Å². The fourth-order valence-electron chi connectivity index (χ4n) is 1.98. The third-order valence-corrected chi connectivity index (χ3v) is 4.10. The summed E-state index contributed by atoms with van der Waals surface area (Å²) in [7, 11) is 0. The molecule has 0 aliphatic carbocycles. The third kappa shape index (κ3) is 4.02. The Morgan fingerprint density at radius 2 is 1.05 bits per heavy atom. The minimum Gasteiger partial charge on any atom is -0.425 e. The summed E-state index contributed by atoms with van der Waals surface area (Å²) in [5.41, 5.74) is 2.30. The lowest BCUT2D eigenvalue weighted by Gasteiger charge is -1.98. The summed E-state index contributed by atoms with van der Waals surface area (Å²) in [6.07, 6.45) is 1.31. The van der Waals surface area contributed by atoms with E-state index in [2.05, 4.69) is 42.1 Å². The summed E-state index contributed by atoms with van der Waals surface area (Å²) in [5, 5.41) is 8.22. The van der Waals surface area contributed by atoms with Crippen LogP contribution >= 0.6 is 31.9 Å². The lowest BCUT2D eigenvalue weighted by molar-refractivity contribution is 0.466. The molecule has 0 atom stereocenters. The Morgan fingerprint density at radius 3 is 1.43 bits per heavy atom. The summed E-state index contributed by atoms with van der Waals surface area (Å²) < 4.78 is 7.83. The zero-order valence-corrected chi connectivity index (χ0v) is 14.3. The van der Waals surface area contributed by atoms with Gasteiger partial charge in [0.2, 0.25) is 11.8 Å². The molecule has 0 radical (unpaired) electrons. The van der Waals surface area contributed by atoms with E-state index >= 15 is 0 Å². The molecule has 0 aliphatic rings. The molecule has 0 aliphatic heterocycles. The Balaban J connectivity index is 1.68. The Bertz CT molecular complexity index is 659. The first-order valence-electron chi connectivity index (χ1n) is 6.49. The van der Waals surface area contributed by atoms with Crippen LogP contribution in [-0.4, -0.2) is 10.2 Å². The number of hydrogen-bond acceptors (Lipinski definition) is 3. The Labute approximate surface area is 139 Å². The van der Waals surface area contributed by atoms with Crippen LogP contribution in [0.25, 0.3) is 0 Å². The Morgan fingerprint density at radius 1 is 0.667 bits per heavy atom. The first kappa shape index (κ1) is 14.5. The van der Waals surface area contributed by atoms with Crippen molar-refractivity contribution in [3.8, 4) is 0 Å². The average molecular weight is 408 g/mol. The van der Waals surface area contributed by atoms with Crippen LogP contribution in [0, 0.1) is 0 Å². The predicted octanol–water partition coefficient (Wildman–Crippen LogP) is 4.78. The molecule has 2 aromatic carbocycles. The van der Waals surface area contributed by atoms with Crippen LogP contribution in [-0.2, 0) is 12.8 Å². The summed E-state index contributed by atoms with van der Waals surface area (Å²) in [6.45, 7) is 0. The highest BCUT2D eigenvalue weighted by atomic mass is 79.9. The van der Waals surface area contributed by atoms with Gasteiger partial charge in [0.05, 0.1) is 12.8 Å². The highest BCUT2D eigenvalue weighted by molar-refractivity contribution is 9.10. The third-order valence-electron chi connectivity index (χ3n) is 3.05. The quantitative estimate of drug-likeness (QED) is 0.624. The van der Waals surface area contributed by atoms with E-state index in [1.807, 2.05) is 48.5 Å². The van der Waals surface area contributed by atoms with Gasteiger partial charge in [0.15, 0.2) is 0 Å². The maximum Gasteiger partial charge on any atom is 0.220 e. The van der Waals surface area contributed by atoms with Gasteiger partial charge in [0.1, 0.15) is 0 Å². The van der Waals surface area contributed by atoms with E-state index < -0.39 is 0 Å². The van der Waals surface area contributed by atoms with Gasteiger partial charge in [-0.15, -0.1) is 10.2 Å². The second kappa shape index (κ2) is 6.54. The molecule has 0 saturated carbocycles. The van der Waals surface area contributed by atoms with Crippen molar-refractivity contribution in [3.05, 3.63) is 80.4 Å². The van der Waals surface area contributed by atoms with Gasteiger partial charge >= 0.3 is 0 Å². The molecule has 0 fully saturated rings. The molecule has 0 N–H and O–H groups in total. The van der Waals surface area contributed by atoms with Crippen LogP contribution in [0.15, 0.2) is 61.9 Å². The summed E-state index contributed by atoms with van der Waals surface area (Å²) >= 11 is 6.84. The molecule has 0 spiro atoms. The molecule has 0 bridgehead atoms. The van der Waals surface area contributed by atoms with Crippen molar-refractivity contribution in [2.24, 2.45) is 0 Å². The van der Waals surface area contributed by atoms with Crippen LogP contribution < -0.4 is 0 Å². The number of hydrogen-bond donors (Lipinski definition) is 0. The van der Waals surface area contributed by atoms with Gasteiger partial charge in [0, 0.05) is 8.95 Å². The number of halogens is 2. The normalized spacial score (nSPS) is 10.8. The molecule has 3 aromatic rings. The lowest BCUT2D eigenvalue weighted by atomic mass is 10.1. The first-order chi connectivity index (χ1) is 10.2. The Hall–Kier alpha value is -1.46. The lowest BCUT2D eigenvalue weighted by Crippen LogP contribution is -1.87. The second-order valence-electron chi connectivity index (χ2n) is 4.70. The highest BCUT2D eigenvalue weighted by Gasteiger charge is 2.08. The van der Waals surface area contributed by atoms with E-state index in [0.717, 1.165) is 20.1 Å². The standard InChI is InChI=1S/C16H12Br2N2O/c17-13-5-1-11(2-6-13)9-15-19-20-16(21-15)10-12-3-7-14(18)8-4-12/h1-8H,9-10H2. The van der Waals surface area contributed by atoms with Gasteiger partial charge in [-0.1, -0.05) is 56.1 Å². The summed E-state index contributed by atoms with van der Waals surface area (Å²) in [6, 6.07) is 16.2. The van der Waals surface area contributed by atoms with E-state index in [0.29, 0.717) is 24.6 Å². The number of rotatable bonds is 4. The maximum atomic E-state index is 5.71. The summed E-state index contributed by atoms with van der Waals surface area (Å²) in [5.74, 6) is 1.29. The van der Waals surface area contributed by atoms with Gasteiger partial charge in [-0.25, -0.2) is 0 Å². The van der Waals surface area contributed by atoms with Crippen molar-refractivity contribution in [2.75, 3.05) is 0 Å². The van der Waals surface area contributed by atoms with E-state index in [9.17, 15) is 0 Å². The van der Waals surface area contributed by atoms with Crippen molar-refractivity contribution < 1.29 is 4.42 Å². The van der Waals surface area contributed by atoms with E-state index in [4.69, 9.17) is 4.42 Å². The SMILES string of the molecule is Brc1ccc(Cc2nnc(Cc3ccc(Br)cc3)o2)cc1. The molecule has 0 amide bonds. The molecule has 3 nitrogen and oxygen atoms in total. The van der Waals surface area contributed by atoms with Crippen molar-refractivity contribution in [2.45, 2.75) is 12.8 Å². The molecule has 3 rings (SSSR count). The molecule has 1 heterocycles. The van der Waals surface area contributed by atoms with Gasteiger partial charge in [-0.05, 0) is 35.4 Å². The molecule has 0 unspecified atom stereocenters. The Kier molecular flexibility index (Phi) is 4.51. The van der Waals surface area contributed by atoms with E-state index in [-0.39, 0.29) is 0 Å². The minimum absolute atomic E-state index is 0.643. The smallest absolute Gasteiger partial charge is 0.220 e. The average Bonchev–Trinajstić information content (AvgIpc) is 2.91.